The number of Topliss-reactive ketones (excluding diaryl/α,β-unsaturated/α-hetero) is 1. The lowest BCUT2D eigenvalue weighted by Crippen LogP contribution is -2.39. The molecular weight excluding hydrogens is 438 g/mol. The number of pyridine rings is 1. The number of aliphatic hydroxyl groups is 1. The lowest BCUT2D eigenvalue weighted by atomic mass is 9.96. The minimum atomic E-state index is -0.716. The number of morpholine rings is 1. The molecule has 34 heavy (non-hydrogen) atoms. The van der Waals surface area contributed by atoms with Crippen LogP contribution in [0, 0.1) is 0 Å². The van der Waals surface area contributed by atoms with Crippen LogP contribution >= 0.6 is 0 Å². The number of aliphatic hydroxyl groups excluding tert-OH is 1. The predicted molar refractivity (Wildman–Crippen MR) is 123 cm³/mol. The Kier molecular flexibility index (Phi) is 6.46. The number of likely N-dealkylation sites (tertiary alicyclic amines) is 1. The highest BCUT2D eigenvalue weighted by molar-refractivity contribution is 6.46. The minimum absolute atomic E-state index is 0.0565. The van der Waals surface area contributed by atoms with E-state index < -0.39 is 17.7 Å². The molecule has 1 unspecified atom stereocenters. The first-order valence-electron chi connectivity index (χ1n) is 11.5. The van der Waals surface area contributed by atoms with Crippen molar-refractivity contribution >= 4 is 17.4 Å². The fourth-order valence-electron chi connectivity index (χ4n) is 4.63. The van der Waals surface area contributed by atoms with Crippen LogP contribution < -0.4 is 9.47 Å². The quantitative estimate of drug-likeness (QED) is 0.393. The van der Waals surface area contributed by atoms with E-state index in [9.17, 15) is 14.7 Å². The van der Waals surface area contributed by atoms with Crippen molar-refractivity contribution in [2.45, 2.75) is 12.5 Å². The molecule has 0 spiro atoms. The van der Waals surface area contributed by atoms with Crippen LogP contribution in [0.5, 0.6) is 11.5 Å². The van der Waals surface area contributed by atoms with E-state index in [1.54, 1.807) is 41.6 Å². The fraction of sp³-hybridized carbons (Fsp3) is 0.400. The van der Waals surface area contributed by atoms with E-state index in [-0.39, 0.29) is 11.3 Å². The van der Waals surface area contributed by atoms with Gasteiger partial charge in [-0.1, -0.05) is 6.07 Å². The molecule has 2 fully saturated rings. The van der Waals surface area contributed by atoms with Crippen molar-refractivity contribution < 1.29 is 28.9 Å². The number of amides is 1. The molecule has 1 atom stereocenters. The summed E-state index contributed by atoms with van der Waals surface area (Å²) in [5.41, 5.74) is 1.12. The Hall–Kier alpha value is -3.43. The van der Waals surface area contributed by atoms with E-state index in [4.69, 9.17) is 14.2 Å². The van der Waals surface area contributed by atoms with Gasteiger partial charge in [-0.3, -0.25) is 19.5 Å². The molecule has 1 N–H and O–H groups in total. The number of rotatable bonds is 6. The molecule has 5 rings (SSSR count). The SMILES string of the molecule is O=C1C(=O)N(CCCN2CCOCC2)C(c2cccnc2)C1=C(O)c1ccc2c(c1)OCCO2. The Labute approximate surface area is 197 Å². The third kappa shape index (κ3) is 4.36. The fourth-order valence-corrected chi connectivity index (χ4v) is 4.63. The van der Waals surface area contributed by atoms with E-state index in [0.717, 1.165) is 19.6 Å². The first kappa shape index (κ1) is 22.4. The maximum Gasteiger partial charge on any atom is 0.295 e. The molecule has 1 amide bonds. The van der Waals surface area contributed by atoms with Gasteiger partial charge in [-0.15, -0.1) is 0 Å². The first-order chi connectivity index (χ1) is 16.6. The number of fused-ring (bicyclic) bond motifs is 1. The first-order valence-corrected chi connectivity index (χ1v) is 11.5. The average molecular weight is 466 g/mol. The number of carbonyl (C=O) groups is 2. The van der Waals surface area contributed by atoms with Crippen LogP contribution in [0.1, 0.15) is 23.6 Å². The van der Waals surface area contributed by atoms with Crippen molar-refractivity contribution in [1.29, 1.82) is 0 Å². The van der Waals surface area contributed by atoms with Crippen LogP contribution in [0.4, 0.5) is 0 Å². The molecule has 9 nitrogen and oxygen atoms in total. The van der Waals surface area contributed by atoms with E-state index >= 15 is 0 Å². The van der Waals surface area contributed by atoms with Gasteiger partial charge in [-0.2, -0.15) is 0 Å². The molecule has 2 aromatic rings. The van der Waals surface area contributed by atoms with Crippen LogP contribution in [0.3, 0.4) is 0 Å². The summed E-state index contributed by atoms with van der Waals surface area (Å²) >= 11 is 0. The number of nitrogens with zero attached hydrogens (tertiary/aromatic N) is 3. The molecule has 0 bridgehead atoms. The maximum absolute atomic E-state index is 13.2. The summed E-state index contributed by atoms with van der Waals surface area (Å²) in [6, 6.07) is 7.85. The van der Waals surface area contributed by atoms with Gasteiger partial charge in [-0.05, 0) is 36.2 Å². The number of hydrogen-bond donors (Lipinski definition) is 1. The molecule has 0 saturated carbocycles. The van der Waals surface area contributed by atoms with E-state index in [1.807, 2.05) is 6.07 Å². The molecule has 1 aromatic carbocycles. The van der Waals surface area contributed by atoms with Gasteiger partial charge in [0, 0.05) is 44.1 Å². The molecule has 178 valence electrons. The standard InChI is InChI=1S/C25H27N3O6/c29-23(17-4-5-19-20(15-17)34-14-13-33-19)21-22(18-3-1-6-26-16-18)28(25(31)24(21)30)8-2-7-27-9-11-32-12-10-27/h1,3-6,15-16,22,29H,2,7-14H2. The largest absolute Gasteiger partial charge is 0.507 e. The summed E-state index contributed by atoms with van der Waals surface area (Å²) in [4.78, 5) is 34.2. The van der Waals surface area contributed by atoms with Gasteiger partial charge in [0.1, 0.15) is 19.0 Å². The maximum atomic E-state index is 13.2. The summed E-state index contributed by atoms with van der Waals surface area (Å²) in [6.07, 6.45) is 3.96. The highest BCUT2D eigenvalue weighted by atomic mass is 16.6. The highest BCUT2D eigenvalue weighted by Gasteiger charge is 2.46. The van der Waals surface area contributed by atoms with Crippen molar-refractivity contribution in [2.24, 2.45) is 0 Å². The Morgan fingerprint density at radius 3 is 2.59 bits per heavy atom. The third-order valence-electron chi connectivity index (χ3n) is 6.33. The zero-order valence-corrected chi connectivity index (χ0v) is 18.8. The Morgan fingerprint density at radius 1 is 1.03 bits per heavy atom. The van der Waals surface area contributed by atoms with Gasteiger partial charge in [-0.25, -0.2) is 0 Å². The molecule has 1 aromatic heterocycles. The summed E-state index contributed by atoms with van der Waals surface area (Å²) < 4.78 is 16.6. The molecule has 4 heterocycles. The van der Waals surface area contributed by atoms with Crippen LogP contribution in [0.15, 0.2) is 48.3 Å². The Bertz CT molecular complexity index is 1100. The summed E-state index contributed by atoms with van der Waals surface area (Å²) in [5.74, 6) is -0.481. The molecule has 3 aliphatic heterocycles. The second-order valence-electron chi connectivity index (χ2n) is 8.44. The highest BCUT2D eigenvalue weighted by Crippen LogP contribution is 2.40. The summed E-state index contributed by atoms with van der Waals surface area (Å²) in [6.45, 7) is 5.17. The Morgan fingerprint density at radius 2 is 1.82 bits per heavy atom. The lowest BCUT2D eigenvalue weighted by molar-refractivity contribution is -0.140. The van der Waals surface area contributed by atoms with Crippen molar-refractivity contribution in [2.75, 3.05) is 52.6 Å². The van der Waals surface area contributed by atoms with Gasteiger partial charge in [0.15, 0.2) is 11.5 Å². The van der Waals surface area contributed by atoms with Crippen LogP contribution in [0.2, 0.25) is 0 Å². The molecule has 0 radical (unpaired) electrons. The van der Waals surface area contributed by atoms with Crippen LogP contribution in [-0.4, -0.2) is 84.2 Å². The lowest BCUT2D eigenvalue weighted by Gasteiger charge is -2.29. The molecule has 0 aliphatic carbocycles. The monoisotopic (exact) mass is 465 g/mol. The Balaban J connectivity index is 1.46. The number of ether oxygens (including phenoxy) is 3. The minimum Gasteiger partial charge on any atom is -0.507 e. The summed E-state index contributed by atoms with van der Waals surface area (Å²) in [7, 11) is 0. The number of carbonyl (C=O) groups excluding carboxylic acids is 2. The van der Waals surface area contributed by atoms with Gasteiger partial charge in [0.05, 0.1) is 24.8 Å². The number of benzene rings is 1. The number of aromatic nitrogens is 1. The molecule has 2 saturated heterocycles. The number of ketones is 1. The van der Waals surface area contributed by atoms with E-state index in [1.165, 1.54) is 0 Å². The second kappa shape index (κ2) is 9.82. The van der Waals surface area contributed by atoms with Gasteiger partial charge >= 0.3 is 0 Å². The average Bonchev–Trinajstić information content (AvgIpc) is 3.14. The third-order valence-corrected chi connectivity index (χ3v) is 6.33. The molecular formula is C25H27N3O6. The van der Waals surface area contributed by atoms with Crippen LogP contribution in [0.25, 0.3) is 5.76 Å². The predicted octanol–water partition coefficient (Wildman–Crippen LogP) is 2.00. The van der Waals surface area contributed by atoms with Crippen molar-refractivity contribution in [1.82, 2.24) is 14.8 Å². The molecule has 3 aliphatic rings. The van der Waals surface area contributed by atoms with Gasteiger partial charge in [0.25, 0.3) is 11.7 Å². The zero-order chi connectivity index (χ0) is 23.5. The molecule has 9 heteroatoms. The summed E-state index contributed by atoms with van der Waals surface area (Å²) in [5, 5.41) is 11.2. The normalized spacial score (nSPS) is 22.2. The van der Waals surface area contributed by atoms with Crippen LogP contribution in [-0.2, 0) is 14.3 Å². The van der Waals surface area contributed by atoms with Crippen molar-refractivity contribution in [3.63, 3.8) is 0 Å². The van der Waals surface area contributed by atoms with Crippen molar-refractivity contribution in [3.8, 4) is 11.5 Å². The van der Waals surface area contributed by atoms with E-state index in [2.05, 4.69) is 9.88 Å². The van der Waals surface area contributed by atoms with Crippen molar-refractivity contribution in [3.05, 3.63) is 59.4 Å². The number of hydrogen-bond acceptors (Lipinski definition) is 8. The van der Waals surface area contributed by atoms with E-state index in [0.29, 0.717) is 62.0 Å². The van der Waals surface area contributed by atoms with Gasteiger partial charge in [0.2, 0.25) is 0 Å². The second-order valence-corrected chi connectivity index (χ2v) is 8.44. The smallest absolute Gasteiger partial charge is 0.295 e. The zero-order valence-electron chi connectivity index (χ0n) is 18.8. The topological polar surface area (TPSA) is 101 Å². The van der Waals surface area contributed by atoms with Gasteiger partial charge < -0.3 is 24.2 Å².